The van der Waals surface area contributed by atoms with Crippen molar-refractivity contribution in [2.75, 3.05) is 19.6 Å². The van der Waals surface area contributed by atoms with Crippen LogP contribution in [0.1, 0.15) is 18.4 Å². The molecule has 0 spiro atoms. The number of aromatic nitrogens is 3. The highest BCUT2D eigenvalue weighted by Crippen LogP contribution is 2.32. The van der Waals surface area contributed by atoms with Gasteiger partial charge >= 0.3 is 0 Å². The van der Waals surface area contributed by atoms with Gasteiger partial charge in [0.25, 0.3) is 0 Å². The molecule has 3 aromatic rings. The first-order valence-corrected chi connectivity index (χ1v) is 10.1. The van der Waals surface area contributed by atoms with E-state index in [9.17, 15) is 4.79 Å². The minimum Gasteiger partial charge on any atom is -0.341 e. The molecule has 2 saturated heterocycles. The molecule has 28 heavy (non-hydrogen) atoms. The Hall–Kier alpha value is -2.73. The average Bonchev–Trinajstić information content (AvgIpc) is 3.42. The molecule has 4 heterocycles. The summed E-state index contributed by atoms with van der Waals surface area (Å²) in [5.41, 5.74) is 3.33. The van der Waals surface area contributed by atoms with Crippen molar-refractivity contribution in [3.8, 4) is 0 Å². The largest absolute Gasteiger partial charge is 0.341 e. The Balaban J connectivity index is 1.19. The third-order valence-electron chi connectivity index (χ3n) is 6.22. The molecule has 5 rings (SSSR count). The number of aryl methyl sites for hydroxylation is 1. The number of para-hydroxylation sites is 2. The van der Waals surface area contributed by atoms with Crippen molar-refractivity contribution in [3.63, 3.8) is 0 Å². The zero-order chi connectivity index (χ0) is 18.9. The maximum atomic E-state index is 12.8. The molecule has 0 aliphatic carbocycles. The highest BCUT2D eigenvalue weighted by Gasteiger charge is 2.42. The molecule has 2 aromatic heterocycles. The minimum absolute atomic E-state index is 0.258. The van der Waals surface area contributed by atoms with E-state index in [1.54, 1.807) is 0 Å². The molecule has 1 amide bonds. The topological polar surface area (TPSA) is 54.3 Å². The van der Waals surface area contributed by atoms with Crippen LogP contribution in [0.2, 0.25) is 0 Å². The first-order chi connectivity index (χ1) is 13.8. The van der Waals surface area contributed by atoms with Crippen LogP contribution in [-0.2, 0) is 17.9 Å². The number of fused-ring (bicyclic) bond motifs is 2. The number of benzene rings is 1. The van der Waals surface area contributed by atoms with E-state index in [2.05, 4.69) is 36.5 Å². The number of hydrogen-bond acceptors (Lipinski definition) is 4. The van der Waals surface area contributed by atoms with Gasteiger partial charge in [-0.25, -0.2) is 4.98 Å². The molecule has 6 heteroatoms. The third kappa shape index (κ3) is 3.29. The van der Waals surface area contributed by atoms with Gasteiger partial charge < -0.3 is 9.47 Å². The van der Waals surface area contributed by atoms with Crippen LogP contribution < -0.4 is 0 Å². The van der Waals surface area contributed by atoms with E-state index in [1.165, 1.54) is 12.0 Å². The van der Waals surface area contributed by atoms with Gasteiger partial charge in [-0.05, 0) is 42.6 Å². The van der Waals surface area contributed by atoms with Gasteiger partial charge in [-0.1, -0.05) is 18.2 Å². The fourth-order valence-electron chi connectivity index (χ4n) is 4.74. The number of amides is 1. The highest BCUT2D eigenvalue weighted by atomic mass is 16.2. The van der Waals surface area contributed by atoms with Gasteiger partial charge in [0.2, 0.25) is 5.91 Å². The normalized spacial score (nSPS) is 22.1. The predicted octanol–water partition coefficient (Wildman–Crippen LogP) is 2.55. The first-order valence-electron chi connectivity index (χ1n) is 10.1. The Morgan fingerprint density at radius 1 is 1.14 bits per heavy atom. The SMILES string of the molecule is O=C(CCn1cnc2ccccc21)N1C[C@@H]2CCN(Cc3cccnc3)[C@@H]2C1. The van der Waals surface area contributed by atoms with Gasteiger partial charge in [-0.15, -0.1) is 0 Å². The van der Waals surface area contributed by atoms with E-state index < -0.39 is 0 Å². The Bertz CT molecular complexity index is 969. The lowest BCUT2D eigenvalue weighted by molar-refractivity contribution is -0.130. The fraction of sp³-hybridized carbons (Fsp3) is 0.409. The van der Waals surface area contributed by atoms with Crippen LogP contribution in [0.25, 0.3) is 11.0 Å². The summed E-state index contributed by atoms with van der Waals surface area (Å²) in [6.07, 6.45) is 7.31. The summed E-state index contributed by atoms with van der Waals surface area (Å²) in [4.78, 5) is 26.1. The van der Waals surface area contributed by atoms with E-state index in [0.717, 1.165) is 37.2 Å². The molecule has 0 radical (unpaired) electrons. The molecule has 1 aromatic carbocycles. The van der Waals surface area contributed by atoms with E-state index >= 15 is 0 Å². The van der Waals surface area contributed by atoms with Crippen molar-refractivity contribution in [2.24, 2.45) is 5.92 Å². The molecule has 144 valence electrons. The van der Waals surface area contributed by atoms with Crippen molar-refractivity contribution in [3.05, 3.63) is 60.7 Å². The lowest BCUT2D eigenvalue weighted by atomic mass is 10.1. The zero-order valence-electron chi connectivity index (χ0n) is 15.9. The molecule has 2 aliphatic rings. The number of likely N-dealkylation sites (tertiary alicyclic amines) is 2. The van der Waals surface area contributed by atoms with E-state index in [4.69, 9.17) is 0 Å². The lowest BCUT2D eigenvalue weighted by Gasteiger charge is -2.24. The van der Waals surface area contributed by atoms with Gasteiger partial charge in [0.1, 0.15) is 0 Å². The number of hydrogen-bond donors (Lipinski definition) is 0. The maximum Gasteiger partial charge on any atom is 0.224 e. The highest BCUT2D eigenvalue weighted by molar-refractivity contribution is 5.78. The van der Waals surface area contributed by atoms with E-state index in [-0.39, 0.29) is 5.91 Å². The number of pyridine rings is 1. The molecule has 0 saturated carbocycles. The van der Waals surface area contributed by atoms with Crippen LogP contribution >= 0.6 is 0 Å². The standard InChI is InChI=1S/C22H25N5O/c28-22(8-11-26-16-24-19-5-1-2-6-20(19)26)27-14-18-7-10-25(21(18)15-27)13-17-4-3-9-23-12-17/h1-6,9,12,16,18,21H,7-8,10-11,13-15H2/t18-,21+/m0/s1. The number of imidazole rings is 1. The van der Waals surface area contributed by atoms with Crippen LogP contribution in [0.5, 0.6) is 0 Å². The molecule has 0 bridgehead atoms. The Morgan fingerprint density at radius 3 is 2.96 bits per heavy atom. The first kappa shape index (κ1) is 17.4. The Labute approximate surface area is 164 Å². The number of nitrogens with zero attached hydrogens (tertiary/aromatic N) is 5. The van der Waals surface area contributed by atoms with Gasteiger partial charge in [-0.2, -0.15) is 0 Å². The van der Waals surface area contributed by atoms with E-state index in [0.29, 0.717) is 24.9 Å². The molecule has 2 aliphatic heterocycles. The minimum atomic E-state index is 0.258. The van der Waals surface area contributed by atoms with Crippen molar-refractivity contribution in [1.29, 1.82) is 0 Å². The zero-order valence-corrected chi connectivity index (χ0v) is 15.9. The summed E-state index contributed by atoms with van der Waals surface area (Å²) in [6.45, 7) is 4.49. The molecule has 0 unspecified atom stereocenters. The maximum absolute atomic E-state index is 12.8. The monoisotopic (exact) mass is 375 g/mol. The molecule has 6 nitrogen and oxygen atoms in total. The smallest absolute Gasteiger partial charge is 0.224 e. The van der Waals surface area contributed by atoms with Gasteiger partial charge in [0.15, 0.2) is 0 Å². The summed E-state index contributed by atoms with van der Waals surface area (Å²) < 4.78 is 2.08. The second-order valence-corrected chi connectivity index (χ2v) is 7.92. The average molecular weight is 375 g/mol. The summed E-state index contributed by atoms with van der Waals surface area (Å²) in [5.74, 6) is 0.864. The Morgan fingerprint density at radius 2 is 2.07 bits per heavy atom. The molecule has 0 N–H and O–H groups in total. The molecule has 2 fully saturated rings. The number of rotatable bonds is 5. The van der Waals surface area contributed by atoms with Gasteiger partial charge in [-0.3, -0.25) is 14.7 Å². The van der Waals surface area contributed by atoms with Crippen LogP contribution in [0.15, 0.2) is 55.1 Å². The van der Waals surface area contributed by atoms with Crippen molar-refractivity contribution in [1.82, 2.24) is 24.3 Å². The molecular formula is C22H25N5O. The fourth-order valence-corrected chi connectivity index (χ4v) is 4.74. The van der Waals surface area contributed by atoms with Crippen molar-refractivity contribution < 1.29 is 4.79 Å². The van der Waals surface area contributed by atoms with Crippen LogP contribution in [0.4, 0.5) is 0 Å². The second-order valence-electron chi connectivity index (χ2n) is 7.92. The molecular weight excluding hydrogens is 350 g/mol. The van der Waals surface area contributed by atoms with Crippen LogP contribution in [0, 0.1) is 5.92 Å². The van der Waals surface area contributed by atoms with Crippen LogP contribution in [0.3, 0.4) is 0 Å². The van der Waals surface area contributed by atoms with Gasteiger partial charge in [0, 0.05) is 51.0 Å². The van der Waals surface area contributed by atoms with Crippen LogP contribution in [-0.4, -0.2) is 55.9 Å². The van der Waals surface area contributed by atoms with Crippen molar-refractivity contribution in [2.45, 2.75) is 32.0 Å². The second kappa shape index (κ2) is 7.36. The van der Waals surface area contributed by atoms with Crippen molar-refractivity contribution >= 4 is 16.9 Å². The third-order valence-corrected chi connectivity index (χ3v) is 6.22. The predicted molar refractivity (Wildman–Crippen MR) is 107 cm³/mol. The lowest BCUT2D eigenvalue weighted by Crippen LogP contribution is -2.37. The Kier molecular flexibility index (Phi) is 4.56. The quantitative estimate of drug-likeness (QED) is 0.688. The summed E-state index contributed by atoms with van der Waals surface area (Å²) in [5, 5.41) is 0. The summed E-state index contributed by atoms with van der Waals surface area (Å²) in [7, 11) is 0. The number of carbonyl (C=O) groups is 1. The molecule has 2 atom stereocenters. The number of carbonyl (C=O) groups excluding carboxylic acids is 1. The van der Waals surface area contributed by atoms with E-state index in [1.807, 2.05) is 43.0 Å². The van der Waals surface area contributed by atoms with Gasteiger partial charge in [0.05, 0.1) is 17.4 Å². The summed E-state index contributed by atoms with van der Waals surface area (Å²) in [6, 6.07) is 12.7. The summed E-state index contributed by atoms with van der Waals surface area (Å²) >= 11 is 0.